The summed E-state index contributed by atoms with van der Waals surface area (Å²) in [5.74, 6) is 0. The standard InChI is InChI=1S/C16H11NO/c1-11(10-18)16-12-6-2-4-8-14(12)17-15-9-5-3-7-13(15)16/h2-10H,1H2. The van der Waals surface area contributed by atoms with Gasteiger partial charge in [-0.15, -0.1) is 0 Å². The summed E-state index contributed by atoms with van der Waals surface area (Å²) in [7, 11) is 0. The molecule has 2 nitrogen and oxygen atoms in total. The van der Waals surface area contributed by atoms with Gasteiger partial charge in [-0.3, -0.25) is 4.79 Å². The van der Waals surface area contributed by atoms with Gasteiger partial charge in [0.1, 0.15) is 6.29 Å². The largest absolute Gasteiger partial charge is 0.298 e. The normalized spacial score (nSPS) is 10.7. The number of pyridine rings is 1. The van der Waals surface area contributed by atoms with Crippen LogP contribution in [-0.2, 0) is 4.79 Å². The van der Waals surface area contributed by atoms with Gasteiger partial charge in [0.2, 0.25) is 0 Å². The van der Waals surface area contributed by atoms with Crippen LogP contribution in [0.3, 0.4) is 0 Å². The predicted molar refractivity (Wildman–Crippen MR) is 74.3 cm³/mol. The summed E-state index contributed by atoms with van der Waals surface area (Å²) in [6, 6.07) is 15.6. The molecule has 1 aromatic heterocycles. The van der Waals surface area contributed by atoms with E-state index in [0.29, 0.717) is 5.57 Å². The maximum absolute atomic E-state index is 11.1. The summed E-state index contributed by atoms with van der Waals surface area (Å²) < 4.78 is 0. The molecule has 0 radical (unpaired) electrons. The first-order valence-electron chi connectivity index (χ1n) is 5.73. The maximum atomic E-state index is 11.1. The first kappa shape index (κ1) is 10.7. The SMILES string of the molecule is C=C(C=O)c1c2ccccc2nc2ccccc12. The van der Waals surface area contributed by atoms with Crippen LogP contribution < -0.4 is 0 Å². The van der Waals surface area contributed by atoms with E-state index >= 15 is 0 Å². The van der Waals surface area contributed by atoms with Gasteiger partial charge in [-0.25, -0.2) is 4.98 Å². The van der Waals surface area contributed by atoms with Crippen LogP contribution in [0.1, 0.15) is 5.56 Å². The second kappa shape index (κ2) is 4.08. The lowest BCUT2D eigenvalue weighted by atomic mass is 9.98. The Morgan fingerprint density at radius 1 is 0.944 bits per heavy atom. The fraction of sp³-hybridized carbons (Fsp3) is 0. The van der Waals surface area contributed by atoms with Gasteiger partial charge in [-0.1, -0.05) is 43.0 Å². The fourth-order valence-corrected chi connectivity index (χ4v) is 2.24. The number of aromatic nitrogens is 1. The first-order valence-corrected chi connectivity index (χ1v) is 5.73. The van der Waals surface area contributed by atoms with Crippen molar-refractivity contribution in [2.45, 2.75) is 0 Å². The third kappa shape index (κ3) is 1.51. The number of para-hydroxylation sites is 2. The van der Waals surface area contributed by atoms with Gasteiger partial charge in [0.05, 0.1) is 11.0 Å². The van der Waals surface area contributed by atoms with Crippen LogP contribution in [0.25, 0.3) is 27.4 Å². The molecule has 0 atom stereocenters. The van der Waals surface area contributed by atoms with Crippen molar-refractivity contribution < 1.29 is 4.79 Å². The summed E-state index contributed by atoms with van der Waals surface area (Å²) in [6.07, 6.45) is 0.800. The van der Waals surface area contributed by atoms with Crippen LogP contribution in [0, 0.1) is 0 Å². The second-order valence-corrected chi connectivity index (χ2v) is 4.16. The number of rotatable bonds is 2. The number of allylic oxidation sites excluding steroid dienone is 1. The monoisotopic (exact) mass is 233 g/mol. The van der Waals surface area contributed by atoms with Crippen molar-refractivity contribution in [1.29, 1.82) is 0 Å². The molecule has 0 aliphatic heterocycles. The van der Waals surface area contributed by atoms with Crippen LogP contribution >= 0.6 is 0 Å². The highest BCUT2D eigenvalue weighted by Gasteiger charge is 2.10. The van der Waals surface area contributed by atoms with Gasteiger partial charge in [0.15, 0.2) is 0 Å². The van der Waals surface area contributed by atoms with E-state index in [-0.39, 0.29) is 0 Å². The summed E-state index contributed by atoms with van der Waals surface area (Å²) in [5, 5.41) is 1.93. The first-order chi connectivity index (χ1) is 8.81. The molecule has 0 amide bonds. The number of fused-ring (bicyclic) bond motifs is 2. The Labute approximate surface area is 105 Å². The van der Waals surface area contributed by atoms with Crippen LogP contribution in [0.5, 0.6) is 0 Å². The quantitative estimate of drug-likeness (QED) is 0.384. The zero-order valence-electron chi connectivity index (χ0n) is 9.76. The molecule has 0 fully saturated rings. The van der Waals surface area contributed by atoms with E-state index in [4.69, 9.17) is 0 Å². The van der Waals surface area contributed by atoms with Crippen molar-refractivity contribution >= 4 is 33.7 Å². The molecule has 0 spiro atoms. The summed E-state index contributed by atoms with van der Waals surface area (Å²) in [4.78, 5) is 15.7. The molecule has 0 saturated carbocycles. The lowest BCUT2D eigenvalue weighted by Crippen LogP contribution is -1.92. The van der Waals surface area contributed by atoms with E-state index in [0.717, 1.165) is 33.7 Å². The Morgan fingerprint density at radius 2 is 1.44 bits per heavy atom. The summed E-state index contributed by atoms with van der Waals surface area (Å²) >= 11 is 0. The molecule has 3 aromatic rings. The highest BCUT2D eigenvalue weighted by molar-refractivity contribution is 6.18. The smallest absolute Gasteiger partial charge is 0.150 e. The number of hydrogen-bond acceptors (Lipinski definition) is 2. The number of benzene rings is 2. The molecule has 2 heteroatoms. The Bertz CT molecular complexity index is 720. The summed E-state index contributed by atoms with van der Waals surface area (Å²) in [6.45, 7) is 3.85. The molecule has 1 heterocycles. The second-order valence-electron chi connectivity index (χ2n) is 4.16. The molecule has 2 aromatic carbocycles. The summed E-state index contributed by atoms with van der Waals surface area (Å²) in [5.41, 5.74) is 3.14. The minimum atomic E-state index is 0.491. The highest BCUT2D eigenvalue weighted by atomic mass is 16.1. The number of hydrogen-bond donors (Lipinski definition) is 0. The highest BCUT2D eigenvalue weighted by Crippen LogP contribution is 2.29. The molecule has 0 bridgehead atoms. The van der Waals surface area contributed by atoms with Crippen molar-refractivity contribution in [3.8, 4) is 0 Å². The van der Waals surface area contributed by atoms with Gasteiger partial charge >= 0.3 is 0 Å². The maximum Gasteiger partial charge on any atom is 0.150 e. The average molecular weight is 233 g/mol. The molecular formula is C16H11NO. The minimum Gasteiger partial charge on any atom is -0.298 e. The molecule has 0 aliphatic rings. The molecule has 0 N–H and O–H groups in total. The van der Waals surface area contributed by atoms with Crippen molar-refractivity contribution in [3.63, 3.8) is 0 Å². The van der Waals surface area contributed by atoms with E-state index in [9.17, 15) is 4.79 Å². The lowest BCUT2D eigenvalue weighted by Gasteiger charge is -2.09. The predicted octanol–water partition coefficient (Wildman–Crippen LogP) is 3.60. The number of carbonyl (C=O) groups excluding carboxylic acids is 1. The van der Waals surface area contributed by atoms with Crippen LogP contribution in [-0.4, -0.2) is 11.3 Å². The Morgan fingerprint density at radius 3 is 1.94 bits per heavy atom. The van der Waals surface area contributed by atoms with Crippen molar-refractivity contribution in [2.24, 2.45) is 0 Å². The van der Waals surface area contributed by atoms with Crippen LogP contribution in [0.2, 0.25) is 0 Å². The van der Waals surface area contributed by atoms with Gasteiger partial charge < -0.3 is 0 Å². The Kier molecular flexibility index (Phi) is 2.41. The number of aldehydes is 1. The number of carbonyl (C=O) groups is 1. The Balaban J connectivity index is 2.57. The number of nitrogens with zero attached hydrogens (tertiary/aromatic N) is 1. The fourth-order valence-electron chi connectivity index (χ4n) is 2.24. The van der Waals surface area contributed by atoms with E-state index in [1.54, 1.807) is 0 Å². The van der Waals surface area contributed by atoms with Crippen molar-refractivity contribution in [3.05, 3.63) is 60.7 Å². The third-order valence-corrected chi connectivity index (χ3v) is 3.05. The van der Waals surface area contributed by atoms with E-state index in [1.165, 1.54) is 0 Å². The average Bonchev–Trinajstić information content (AvgIpc) is 2.44. The lowest BCUT2D eigenvalue weighted by molar-refractivity contribution is -0.103. The van der Waals surface area contributed by atoms with Gasteiger partial charge in [-0.2, -0.15) is 0 Å². The topological polar surface area (TPSA) is 30.0 Å². The van der Waals surface area contributed by atoms with Crippen molar-refractivity contribution in [1.82, 2.24) is 4.98 Å². The molecule has 18 heavy (non-hydrogen) atoms. The molecule has 0 aliphatic carbocycles. The molecule has 0 saturated heterocycles. The molecule has 3 rings (SSSR count). The van der Waals surface area contributed by atoms with Crippen molar-refractivity contribution in [2.75, 3.05) is 0 Å². The Hall–Kier alpha value is -2.48. The van der Waals surface area contributed by atoms with Gasteiger partial charge in [0, 0.05) is 21.9 Å². The van der Waals surface area contributed by atoms with Crippen LogP contribution in [0.15, 0.2) is 55.1 Å². The zero-order valence-corrected chi connectivity index (χ0v) is 9.76. The zero-order chi connectivity index (χ0) is 12.5. The van der Waals surface area contributed by atoms with Gasteiger partial charge in [0.25, 0.3) is 0 Å². The van der Waals surface area contributed by atoms with E-state index in [2.05, 4.69) is 11.6 Å². The van der Waals surface area contributed by atoms with Crippen LogP contribution in [0.4, 0.5) is 0 Å². The van der Waals surface area contributed by atoms with Gasteiger partial charge in [-0.05, 0) is 12.1 Å². The molecule has 0 unspecified atom stereocenters. The van der Waals surface area contributed by atoms with E-state index < -0.39 is 0 Å². The third-order valence-electron chi connectivity index (χ3n) is 3.05. The molecule has 86 valence electrons. The minimum absolute atomic E-state index is 0.491. The molecular weight excluding hydrogens is 222 g/mol. The van der Waals surface area contributed by atoms with E-state index in [1.807, 2.05) is 48.5 Å².